The zero-order valence-electron chi connectivity index (χ0n) is 9.69. The lowest BCUT2D eigenvalue weighted by molar-refractivity contribution is 0.336. The quantitative estimate of drug-likeness (QED) is 0.597. The molecule has 0 saturated carbocycles. The van der Waals surface area contributed by atoms with Crippen LogP contribution in [0.1, 0.15) is 47.0 Å². The first-order chi connectivity index (χ1) is 6.15. The Balaban J connectivity index is 4.11. The molecule has 1 nitrogen and oxygen atoms in total. The van der Waals surface area contributed by atoms with E-state index in [9.17, 15) is 0 Å². The average molecular weight is 183 g/mol. The Labute approximate surface area is 83.6 Å². The van der Waals surface area contributed by atoms with Gasteiger partial charge in [0.1, 0.15) is 0 Å². The van der Waals surface area contributed by atoms with Gasteiger partial charge in [0.05, 0.1) is 0 Å². The number of nitrogens with one attached hydrogen (secondary N) is 1. The van der Waals surface area contributed by atoms with Gasteiger partial charge in [-0.2, -0.15) is 0 Å². The third-order valence-electron chi connectivity index (χ3n) is 2.65. The molecule has 1 N–H and O–H groups in total. The Morgan fingerprint density at radius 2 is 1.77 bits per heavy atom. The van der Waals surface area contributed by atoms with Gasteiger partial charge >= 0.3 is 0 Å². The smallest absolute Gasteiger partial charge is 0.0132 e. The van der Waals surface area contributed by atoms with E-state index in [1.54, 1.807) is 0 Å². The normalized spacial score (nSPS) is 13.3. The van der Waals surface area contributed by atoms with E-state index in [0.29, 0.717) is 6.04 Å². The fourth-order valence-electron chi connectivity index (χ4n) is 1.90. The molecule has 1 unspecified atom stereocenters. The minimum Gasteiger partial charge on any atom is -0.314 e. The maximum Gasteiger partial charge on any atom is 0.0132 e. The van der Waals surface area contributed by atoms with Gasteiger partial charge in [-0.05, 0) is 25.8 Å². The molecule has 0 fully saturated rings. The molecule has 0 radical (unpaired) electrons. The Bertz CT molecular complexity index is 136. The summed E-state index contributed by atoms with van der Waals surface area (Å²) in [6.07, 6.45) is 3.66. The zero-order valence-corrected chi connectivity index (χ0v) is 9.69. The van der Waals surface area contributed by atoms with E-state index < -0.39 is 0 Å². The van der Waals surface area contributed by atoms with Crippen LogP contribution in [-0.4, -0.2) is 12.6 Å². The van der Waals surface area contributed by atoms with Crippen molar-refractivity contribution in [3.63, 3.8) is 0 Å². The molecular weight excluding hydrogens is 158 g/mol. The van der Waals surface area contributed by atoms with Crippen LogP contribution in [0.4, 0.5) is 0 Å². The number of hydrogen-bond acceptors (Lipinski definition) is 1. The zero-order chi connectivity index (χ0) is 10.3. The van der Waals surface area contributed by atoms with Gasteiger partial charge in [0.2, 0.25) is 0 Å². The number of hydrogen-bond donors (Lipinski definition) is 1. The summed E-state index contributed by atoms with van der Waals surface area (Å²) < 4.78 is 0. The van der Waals surface area contributed by atoms with Crippen molar-refractivity contribution in [3.8, 4) is 0 Å². The molecule has 0 saturated heterocycles. The predicted molar refractivity (Wildman–Crippen MR) is 61.0 cm³/mol. The predicted octanol–water partition coefficient (Wildman–Crippen LogP) is 3.37. The standard InChI is InChI=1S/C12H25N/c1-6-11(7-2)12(13-8-3)9-10(4)5/h11-13H,4,6-9H2,1-3,5H3. The van der Waals surface area contributed by atoms with Crippen molar-refractivity contribution in [2.75, 3.05) is 6.54 Å². The Morgan fingerprint density at radius 1 is 1.23 bits per heavy atom. The Morgan fingerprint density at radius 3 is 2.08 bits per heavy atom. The first kappa shape index (κ1) is 12.7. The van der Waals surface area contributed by atoms with Gasteiger partial charge in [-0.25, -0.2) is 0 Å². The van der Waals surface area contributed by atoms with Crippen LogP contribution >= 0.6 is 0 Å². The van der Waals surface area contributed by atoms with Crippen molar-refractivity contribution in [3.05, 3.63) is 12.2 Å². The molecule has 0 heterocycles. The van der Waals surface area contributed by atoms with Gasteiger partial charge in [-0.15, -0.1) is 6.58 Å². The summed E-state index contributed by atoms with van der Waals surface area (Å²) in [6.45, 7) is 13.9. The van der Waals surface area contributed by atoms with Gasteiger partial charge < -0.3 is 5.32 Å². The lowest BCUT2D eigenvalue weighted by Gasteiger charge is -2.26. The maximum atomic E-state index is 3.99. The van der Waals surface area contributed by atoms with Crippen molar-refractivity contribution < 1.29 is 0 Å². The molecule has 0 aliphatic rings. The third-order valence-corrected chi connectivity index (χ3v) is 2.65. The molecule has 0 spiro atoms. The molecule has 13 heavy (non-hydrogen) atoms. The van der Waals surface area contributed by atoms with Crippen LogP contribution < -0.4 is 5.32 Å². The van der Waals surface area contributed by atoms with E-state index in [0.717, 1.165) is 18.9 Å². The summed E-state index contributed by atoms with van der Waals surface area (Å²) in [5.74, 6) is 0.802. The van der Waals surface area contributed by atoms with Crippen molar-refractivity contribution in [1.82, 2.24) is 5.32 Å². The average Bonchev–Trinajstić information content (AvgIpc) is 2.05. The van der Waals surface area contributed by atoms with Crippen molar-refractivity contribution in [1.29, 1.82) is 0 Å². The van der Waals surface area contributed by atoms with Crippen LogP contribution in [-0.2, 0) is 0 Å². The fourth-order valence-corrected chi connectivity index (χ4v) is 1.90. The van der Waals surface area contributed by atoms with Crippen LogP contribution in [0.25, 0.3) is 0 Å². The van der Waals surface area contributed by atoms with E-state index in [1.807, 2.05) is 0 Å². The third kappa shape index (κ3) is 5.09. The van der Waals surface area contributed by atoms with Crippen molar-refractivity contribution in [2.45, 2.75) is 53.0 Å². The molecule has 1 atom stereocenters. The summed E-state index contributed by atoms with van der Waals surface area (Å²) >= 11 is 0. The molecule has 1 heteroatoms. The highest BCUT2D eigenvalue weighted by Gasteiger charge is 2.16. The SMILES string of the molecule is C=C(C)CC(NCC)C(CC)CC. The number of rotatable bonds is 7. The van der Waals surface area contributed by atoms with Crippen LogP contribution in [0.5, 0.6) is 0 Å². The molecule has 0 aromatic carbocycles. The van der Waals surface area contributed by atoms with Crippen molar-refractivity contribution in [2.24, 2.45) is 5.92 Å². The summed E-state index contributed by atoms with van der Waals surface area (Å²) in [7, 11) is 0. The highest BCUT2D eigenvalue weighted by Crippen LogP contribution is 2.18. The molecular formula is C12H25N. The minimum atomic E-state index is 0.637. The molecule has 0 amide bonds. The highest BCUT2D eigenvalue weighted by atomic mass is 14.9. The lowest BCUT2D eigenvalue weighted by atomic mass is 9.90. The first-order valence-electron chi connectivity index (χ1n) is 5.53. The van der Waals surface area contributed by atoms with E-state index in [-0.39, 0.29) is 0 Å². The maximum absolute atomic E-state index is 3.99. The molecule has 0 rings (SSSR count). The van der Waals surface area contributed by atoms with Gasteiger partial charge in [0, 0.05) is 6.04 Å². The van der Waals surface area contributed by atoms with Gasteiger partial charge in [0.15, 0.2) is 0 Å². The van der Waals surface area contributed by atoms with Crippen LogP contribution in [0.2, 0.25) is 0 Å². The van der Waals surface area contributed by atoms with Crippen LogP contribution in [0.15, 0.2) is 12.2 Å². The monoisotopic (exact) mass is 183 g/mol. The minimum absolute atomic E-state index is 0.637. The summed E-state index contributed by atoms with van der Waals surface area (Å²) in [5, 5.41) is 3.56. The first-order valence-corrected chi connectivity index (χ1v) is 5.53. The van der Waals surface area contributed by atoms with E-state index >= 15 is 0 Å². The van der Waals surface area contributed by atoms with E-state index in [4.69, 9.17) is 0 Å². The topological polar surface area (TPSA) is 12.0 Å². The molecule has 0 aliphatic carbocycles. The van der Waals surface area contributed by atoms with E-state index in [2.05, 4.69) is 39.6 Å². The Kier molecular flexibility index (Phi) is 6.97. The van der Waals surface area contributed by atoms with Crippen LogP contribution in [0.3, 0.4) is 0 Å². The summed E-state index contributed by atoms with van der Waals surface area (Å²) in [4.78, 5) is 0. The lowest BCUT2D eigenvalue weighted by Crippen LogP contribution is -2.35. The summed E-state index contributed by atoms with van der Waals surface area (Å²) in [6, 6.07) is 0.637. The summed E-state index contributed by atoms with van der Waals surface area (Å²) in [5.41, 5.74) is 1.29. The highest BCUT2D eigenvalue weighted by molar-refractivity contribution is 4.94. The molecule has 0 aromatic rings. The second-order valence-corrected chi connectivity index (χ2v) is 3.90. The molecule has 0 aromatic heterocycles. The van der Waals surface area contributed by atoms with Crippen LogP contribution in [0, 0.1) is 5.92 Å². The molecule has 78 valence electrons. The fraction of sp³-hybridized carbons (Fsp3) is 0.833. The largest absolute Gasteiger partial charge is 0.314 e. The molecule has 0 aliphatic heterocycles. The van der Waals surface area contributed by atoms with Gasteiger partial charge in [-0.3, -0.25) is 0 Å². The Hall–Kier alpha value is -0.300. The van der Waals surface area contributed by atoms with E-state index in [1.165, 1.54) is 18.4 Å². The second kappa shape index (κ2) is 7.14. The van der Waals surface area contributed by atoms with Gasteiger partial charge in [-0.1, -0.05) is 39.2 Å². The van der Waals surface area contributed by atoms with Crippen molar-refractivity contribution >= 4 is 0 Å². The molecule has 0 bridgehead atoms. The second-order valence-electron chi connectivity index (χ2n) is 3.90. The van der Waals surface area contributed by atoms with Gasteiger partial charge in [0.25, 0.3) is 0 Å².